The van der Waals surface area contributed by atoms with E-state index in [1.165, 1.54) is 12.1 Å². The molecular weight excluding hydrogens is 307 g/mol. The summed E-state index contributed by atoms with van der Waals surface area (Å²) in [6.07, 6.45) is -5.19. The van der Waals surface area contributed by atoms with Crippen LogP contribution in [0, 0.1) is 0 Å². The van der Waals surface area contributed by atoms with Gasteiger partial charge in [-0.05, 0) is 23.3 Å². The van der Waals surface area contributed by atoms with Gasteiger partial charge in [0.1, 0.15) is 6.23 Å². The molecule has 1 aliphatic heterocycles. The number of hydrogen-bond donors (Lipinski definition) is 2. The van der Waals surface area contributed by atoms with Gasteiger partial charge in [-0.25, -0.2) is 0 Å². The lowest BCUT2D eigenvalue weighted by Crippen LogP contribution is -2.20. The van der Waals surface area contributed by atoms with Crippen molar-refractivity contribution < 1.29 is 23.1 Å². The first-order chi connectivity index (χ1) is 10.9. The third-order valence-electron chi connectivity index (χ3n) is 3.95. The van der Waals surface area contributed by atoms with E-state index in [1.54, 1.807) is 12.1 Å². The maximum absolute atomic E-state index is 12.5. The molecule has 1 heterocycles. The molecule has 1 aliphatic rings. The highest BCUT2D eigenvalue weighted by atomic mass is 19.4. The second-order valence-corrected chi connectivity index (χ2v) is 5.45. The summed E-state index contributed by atoms with van der Waals surface area (Å²) in [6, 6.07) is 11.0. The number of Topliss-reactive ketones (excluding diaryl/α,β-unsaturated/α-hetero) is 1. The number of carbonyl (C=O) groups excluding carboxylic acids is 1. The Morgan fingerprint density at radius 1 is 1.04 bits per heavy atom. The number of rotatable bonds is 3. The molecule has 0 amide bonds. The minimum atomic E-state index is -4.42. The quantitative estimate of drug-likeness (QED) is 0.849. The zero-order chi connectivity index (χ0) is 16.6. The van der Waals surface area contributed by atoms with Crippen molar-refractivity contribution in [2.24, 2.45) is 0 Å². The maximum atomic E-state index is 12.5. The third kappa shape index (κ3) is 3.13. The topological polar surface area (TPSA) is 49.3 Å². The fourth-order valence-electron chi connectivity index (χ4n) is 2.76. The maximum Gasteiger partial charge on any atom is 0.416 e. The van der Waals surface area contributed by atoms with Gasteiger partial charge in [0, 0.05) is 18.0 Å². The molecule has 120 valence electrons. The molecule has 0 bridgehead atoms. The summed E-state index contributed by atoms with van der Waals surface area (Å²) >= 11 is 0. The minimum Gasteiger partial charge on any atom is -0.374 e. The number of carbonyl (C=O) groups is 1. The molecule has 2 atom stereocenters. The number of benzene rings is 2. The van der Waals surface area contributed by atoms with Crippen LogP contribution in [-0.2, 0) is 6.18 Å². The molecule has 2 aromatic rings. The van der Waals surface area contributed by atoms with Gasteiger partial charge in [0.25, 0.3) is 0 Å². The van der Waals surface area contributed by atoms with E-state index in [9.17, 15) is 23.1 Å². The second-order valence-electron chi connectivity index (χ2n) is 5.45. The lowest BCUT2D eigenvalue weighted by atomic mass is 9.97. The smallest absolute Gasteiger partial charge is 0.374 e. The fourth-order valence-corrected chi connectivity index (χ4v) is 2.76. The highest BCUT2D eigenvalue weighted by molar-refractivity contribution is 5.96. The Labute approximate surface area is 130 Å². The molecule has 0 saturated heterocycles. The summed E-state index contributed by atoms with van der Waals surface area (Å²) in [5.74, 6) is -0.278. The van der Waals surface area contributed by atoms with E-state index in [2.05, 4.69) is 5.32 Å². The Balaban J connectivity index is 1.76. The van der Waals surface area contributed by atoms with Gasteiger partial charge in [-0.3, -0.25) is 10.1 Å². The van der Waals surface area contributed by atoms with E-state index in [-0.39, 0.29) is 23.8 Å². The Morgan fingerprint density at radius 3 is 2.26 bits per heavy atom. The summed E-state index contributed by atoms with van der Waals surface area (Å²) in [5.41, 5.74) is 0.991. The normalized spacial score (nSPS) is 20.3. The first kappa shape index (κ1) is 15.7. The van der Waals surface area contributed by atoms with Crippen LogP contribution in [0.2, 0.25) is 0 Å². The number of nitrogens with one attached hydrogen (secondary N) is 1. The predicted octanol–water partition coefficient (Wildman–Crippen LogP) is 3.61. The van der Waals surface area contributed by atoms with Gasteiger partial charge >= 0.3 is 6.18 Å². The van der Waals surface area contributed by atoms with Crippen molar-refractivity contribution in [2.45, 2.75) is 24.9 Å². The first-order valence-corrected chi connectivity index (χ1v) is 7.09. The monoisotopic (exact) mass is 321 g/mol. The SMILES string of the molecule is O=C(CC1NC(O)c2ccccc21)c1ccc(C(F)(F)F)cc1. The summed E-state index contributed by atoms with van der Waals surface area (Å²) in [4.78, 5) is 12.3. The molecule has 2 aromatic carbocycles. The number of aliphatic hydroxyl groups is 1. The second kappa shape index (κ2) is 5.79. The van der Waals surface area contributed by atoms with E-state index >= 15 is 0 Å². The molecule has 0 aliphatic carbocycles. The van der Waals surface area contributed by atoms with Crippen LogP contribution in [0.3, 0.4) is 0 Å². The molecule has 2 unspecified atom stereocenters. The fraction of sp³-hybridized carbons (Fsp3) is 0.235. The van der Waals surface area contributed by atoms with Crippen LogP contribution in [0.25, 0.3) is 0 Å². The van der Waals surface area contributed by atoms with Crippen LogP contribution in [0.15, 0.2) is 48.5 Å². The average Bonchev–Trinajstić information content (AvgIpc) is 2.83. The van der Waals surface area contributed by atoms with Crippen molar-refractivity contribution in [1.82, 2.24) is 5.32 Å². The highest BCUT2D eigenvalue weighted by Gasteiger charge is 2.32. The van der Waals surface area contributed by atoms with Crippen LogP contribution in [-0.4, -0.2) is 10.9 Å². The van der Waals surface area contributed by atoms with Crippen LogP contribution < -0.4 is 5.32 Å². The highest BCUT2D eigenvalue weighted by Crippen LogP contribution is 2.34. The molecule has 0 saturated carbocycles. The zero-order valence-corrected chi connectivity index (χ0v) is 12.0. The minimum absolute atomic E-state index is 0.0689. The molecule has 2 N–H and O–H groups in total. The van der Waals surface area contributed by atoms with Crippen LogP contribution in [0.4, 0.5) is 13.2 Å². The summed E-state index contributed by atoms with van der Waals surface area (Å²) in [5, 5.41) is 12.8. The molecule has 0 aromatic heterocycles. The van der Waals surface area contributed by atoms with Gasteiger partial charge in [-0.2, -0.15) is 13.2 Å². The van der Waals surface area contributed by atoms with Gasteiger partial charge in [-0.1, -0.05) is 36.4 Å². The van der Waals surface area contributed by atoms with Gasteiger partial charge in [0.15, 0.2) is 5.78 Å². The first-order valence-electron chi connectivity index (χ1n) is 7.09. The molecule has 3 nitrogen and oxygen atoms in total. The summed E-state index contributed by atoms with van der Waals surface area (Å²) < 4.78 is 37.6. The number of aliphatic hydroxyl groups excluding tert-OH is 1. The Hall–Kier alpha value is -2.18. The zero-order valence-electron chi connectivity index (χ0n) is 12.0. The molecule has 3 rings (SSSR count). The van der Waals surface area contributed by atoms with Crippen molar-refractivity contribution in [3.05, 3.63) is 70.8 Å². The van der Waals surface area contributed by atoms with Crippen LogP contribution in [0.1, 0.15) is 45.7 Å². The van der Waals surface area contributed by atoms with E-state index in [0.717, 1.165) is 23.3 Å². The molecule has 0 radical (unpaired) electrons. The van der Waals surface area contributed by atoms with Crippen LogP contribution in [0.5, 0.6) is 0 Å². The number of ketones is 1. The van der Waals surface area contributed by atoms with E-state index in [1.807, 2.05) is 12.1 Å². The Bertz CT molecular complexity index is 725. The summed E-state index contributed by atoms with van der Waals surface area (Å²) in [7, 11) is 0. The number of fused-ring (bicyclic) bond motifs is 1. The van der Waals surface area contributed by atoms with Crippen molar-refractivity contribution in [2.75, 3.05) is 0 Å². The largest absolute Gasteiger partial charge is 0.416 e. The third-order valence-corrected chi connectivity index (χ3v) is 3.95. The van der Waals surface area contributed by atoms with Gasteiger partial charge in [0.05, 0.1) is 5.56 Å². The summed E-state index contributed by atoms with van der Waals surface area (Å²) in [6.45, 7) is 0. The molecule has 0 fully saturated rings. The number of halogens is 3. The average molecular weight is 321 g/mol. The van der Waals surface area contributed by atoms with Crippen molar-refractivity contribution in [1.29, 1.82) is 0 Å². The lowest BCUT2D eigenvalue weighted by Gasteiger charge is -2.12. The van der Waals surface area contributed by atoms with Gasteiger partial charge in [0.2, 0.25) is 0 Å². The Morgan fingerprint density at radius 2 is 1.65 bits per heavy atom. The molecule has 6 heteroatoms. The van der Waals surface area contributed by atoms with E-state index in [4.69, 9.17) is 0 Å². The van der Waals surface area contributed by atoms with Gasteiger partial charge < -0.3 is 5.11 Å². The van der Waals surface area contributed by atoms with Crippen molar-refractivity contribution in [3.63, 3.8) is 0 Å². The van der Waals surface area contributed by atoms with Crippen molar-refractivity contribution >= 4 is 5.78 Å². The predicted molar refractivity (Wildman–Crippen MR) is 77.7 cm³/mol. The molecule has 23 heavy (non-hydrogen) atoms. The molecule has 0 spiro atoms. The van der Waals surface area contributed by atoms with Crippen molar-refractivity contribution in [3.8, 4) is 0 Å². The standard InChI is InChI=1S/C17H14F3NO2/c18-17(19,20)11-7-5-10(6-8-11)15(22)9-14-12-3-1-2-4-13(12)16(23)21-14/h1-8,14,16,21,23H,9H2. The molecular formula is C17H14F3NO2. The van der Waals surface area contributed by atoms with E-state index < -0.39 is 18.0 Å². The number of hydrogen-bond acceptors (Lipinski definition) is 3. The van der Waals surface area contributed by atoms with E-state index in [0.29, 0.717) is 0 Å². The van der Waals surface area contributed by atoms with Crippen LogP contribution >= 0.6 is 0 Å². The lowest BCUT2D eigenvalue weighted by molar-refractivity contribution is -0.137. The number of alkyl halides is 3. The Kier molecular flexibility index (Phi) is 3.95. The van der Waals surface area contributed by atoms with Gasteiger partial charge in [-0.15, -0.1) is 0 Å².